The van der Waals surface area contributed by atoms with E-state index in [4.69, 9.17) is 0 Å². The third-order valence-corrected chi connectivity index (χ3v) is 2.55. The van der Waals surface area contributed by atoms with Gasteiger partial charge in [0.25, 0.3) is 0 Å². The molecule has 1 aromatic carbocycles. The molecule has 0 fully saturated rings. The van der Waals surface area contributed by atoms with Crippen LogP contribution >= 0.6 is 0 Å². The van der Waals surface area contributed by atoms with Crippen LogP contribution in [0, 0.1) is 0 Å². The Morgan fingerprint density at radius 3 is 2.87 bits per heavy atom. The van der Waals surface area contributed by atoms with Gasteiger partial charge in [-0.2, -0.15) is 5.10 Å². The van der Waals surface area contributed by atoms with E-state index in [-0.39, 0.29) is 0 Å². The van der Waals surface area contributed by atoms with Gasteiger partial charge in [-0.15, -0.1) is 0 Å². The van der Waals surface area contributed by atoms with Gasteiger partial charge in [-0.3, -0.25) is 5.10 Å². The first-order valence-corrected chi connectivity index (χ1v) is 4.92. The van der Waals surface area contributed by atoms with E-state index in [1.165, 1.54) is 10.4 Å². The van der Waals surface area contributed by atoms with Crippen LogP contribution in [-0.2, 0) is 0 Å². The van der Waals surface area contributed by atoms with E-state index in [0.29, 0.717) is 0 Å². The second kappa shape index (κ2) is 3.24. The fourth-order valence-electron chi connectivity index (χ4n) is 1.76. The van der Waals surface area contributed by atoms with Gasteiger partial charge in [-0.05, 0) is 22.6 Å². The standard InChI is InChI=1S/C13H10N2/c1-2-5-11-8-12-9-14-15-13(12)7-3-6-10(11)4-1/h1-9H,(H,14,15). The smallest absolute Gasteiger partial charge is 0.0650 e. The minimum Gasteiger partial charge on any atom is -0.278 e. The normalized spacial score (nSPS) is 19.5. The third kappa shape index (κ3) is 1.40. The van der Waals surface area contributed by atoms with E-state index in [2.05, 4.69) is 40.5 Å². The molecule has 0 radical (unpaired) electrons. The summed E-state index contributed by atoms with van der Waals surface area (Å²) in [5, 5.41) is 9.47. The molecule has 0 bridgehead atoms. The molecule has 0 spiro atoms. The number of fused-ring (bicyclic) bond motifs is 2. The van der Waals surface area contributed by atoms with Crippen LogP contribution in [0.5, 0.6) is 0 Å². The number of nitrogens with zero attached hydrogens (tertiary/aromatic N) is 1. The number of hydrogen-bond donors (Lipinski definition) is 1. The maximum absolute atomic E-state index is 4.04. The Labute approximate surface area is 87.3 Å². The van der Waals surface area contributed by atoms with Gasteiger partial charge < -0.3 is 0 Å². The average Bonchev–Trinajstić information content (AvgIpc) is 2.65. The number of rotatable bonds is 0. The monoisotopic (exact) mass is 194 g/mol. The average molecular weight is 194 g/mol. The van der Waals surface area contributed by atoms with Gasteiger partial charge in [0, 0.05) is 5.56 Å². The number of H-pyrrole nitrogens is 1. The van der Waals surface area contributed by atoms with Gasteiger partial charge in [0.1, 0.15) is 0 Å². The van der Waals surface area contributed by atoms with Crippen molar-refractivity contribution >= 4 is 18.2 Å². The zero-order valence-corrected chi connectivity index (χ0v) is 8.14. The molecular weight excluding hydrogens is 184 g/mol. The summed E-state index contributed by atoms with van der Waals surface area (Å²) in [5.74, 6) is 0. The fourth-order valence-corrected chi connectivity index (χ4v) is 1.76. The van der Waals surface area contributed by atoms with E-state index < -0.39 is 0 Å². The molecule has 1 aromatic heterocycles. The highest BCUT2D eigenvalue weighted by Crippen LogP contribution is 2.07. The number of nitrogens with one attached hydrogen (secondary N) is 1. The van der Waals surface area contributed by atoms with Gasteiger partial charge in [0.15, 0.2) is 0 Å². The second-order valence-electron chi connectivity index (χ2n) is 3.54. The van der Waals surface area contributed by atoms with Crippen molar-refractivity contribution in [1.29, 1.82) is 0 Å². The Kier molecular flexibility index (Phi) is 1.78. The van der Waals surface area contributed by atoms with Gasteiger partial charge in [0.05, 0.1) is 11.9 Å². The summed E-state index contributed by atoms with van der Waals surface area (Å²) in [5.41, 5.74) is 2.19. The van der Waals surface area contributed by atoms with Gasteiger partial charge in [0.2, 0.25) is 0 Å². The molecule has 0 saturated carbocycles. The Balaban J connectivity index is 2.41. The molecule has 0 atom stereocenters. The number of hydrogen-bond acceptors (Lipinski definition) is 1. The topological polar surface area (TPSA) is 28.7 Å². The predicted octanol–water partition coefficient (Wildman–Crippen LogP) is 1.05. The lowest BCUT2D eigenvalue weighted by Crippen LogP contribution is -2.23. The van der Waals surface area contributed by atoms with Gasteiger partial charge in [-0.1, -0.05) is 36.4 Å². The highest BCUT2D eigenvalue weighted by Gasteiger charge is 1.99. The summed E-state index contributed by atoms with van der Waals surface area (Å²) < 4.78 is 0. The highest BCUT2D eigenvalue weighted by molar-refractivity contribution is 5.67. The minimum absolute atomic E-state index is 1.06. The zero-order chi connectivity index (χ0) is 10.1. The van der Waals surface area contributed by atoms with Crippen molar-refractivity contribution in [2.45, 2.75) is 0 Å². The first-order chi connectivity index (χ1) is 7.43. The number of aromatic nitrogens is 2. The molecule has 2 heteroatoms. The van der Waals surface area contributed by atoms with E-state index in [1.54, 1.807) is 0 Å². The molecule has 1 N–H and O–H groups in total. The molecule has 0 aliphatic heterocycles. The molecule has 72 valence electrons. The van der Waals surface area contributed by atoms with E-state index >= 15 is 0 Å². The molecule has 1 aliphatic rings. The molecule has 3 rings (SSSR count). The van der Waals surface area contributed by atoms with Crippen molar-refractivity contribution in [3.8, 4) is 0 Å². The van der Waals surface area contributed by atoms with E-state index in [9.17, 15) is 0 Å². The first kappa shape index (κ1) is 8.24. The predicted molar refractivity (Wildman–Crippen MR) is 61.3 cm³/mol. The van der Waals surface area contributed by atoms with E-state index in [1.807, 2.05) is 24.4 Å². The molecule has 2 nitrogen and oxygen atoms in total. The van der Waals surface area contributed by atoms with Crippen LogP contribution in [0.1, 0.15) is 11.3 Å². The van der Waals surface area contributed by atoms with Crippen LogP contribution in [0.4, 0.5) is 0 Å². The molecule has 2 aromatic rings. The first-order valence-electron chi connectivity index (χ1n) is 4.92. The molecule has 0 unspecified atom stereocenters. The zero-order valence-electron chi connectivity index (χ0n) is 8.14. The molecule has 1 aliphatic carbocycles. The summed E-state index contributed by atoms with van der Waals surface area (Å²) in [7, 11) is 0. The lowest BCUT2D eigenvalue weighted by Gasteiger charge is -1.95. The Morgan fingerprint density at radius 2 is 1.93 bits per heavy atom. The number of benzene rings is 1. The Bertz CT molecular complexity index is 633. The number of aromatic amines is 1. The van der Waals surface area contributed by atoms with Gasteiger partial charge >= 0.3 is 0 Å². The lowest BCUT2D eigenvalue weighted by atomic mass is 10.1. The minimum atomic E-state index is 1.06. The SMILES string of the molecule is C1=C\c2[nH]ncc2/C=c2/cccc/c2=C/1. The molecule has 0 amide bonds. The summed E-state index contributed by atoms with van der Waals surface area (Å²) >= 11 is 0. The second-order valence-corrected chi connectivity index (χ2v) is 3.54. The quantitative estimate of drug-likeness (QED) is 0.667. The summed E-state index contributed by atoms with van der Waals surface area (Å²) in [6.07, 6.45) is 10.2. The third-order valence-electron chi connectivity index (χ3n) is 2.55. The van der Waals surface area contributed by atoms with Crippen molar-refractivity contribution in [2.75, 3.05) is 0 Å². The Hall–Kier alpha value is -2.09. The largest absolute Gasteiger partial charge is 0.278 e. The molecule has 1 heterocycles. The highest BCUT2D eigenvalue weighted by atomic mass is 15.1. The summed E-state index contributed by atoms with van der Waals surface area (Å²) in [6, 6.07) is 8.33. The van der Waals surface area contributed by atoms with E-state index in [0.717, 1.165) is 11.3 Å². The van der Waals surface area contributed by atoms with Crippen molar-refractivity contribution in [1.82, 2.24) is 10.2 Å². The van der Waals surface area contributed by atoms with Crippen molar-refractivity contribution in [3.63, 3.8) is 0 Å². The van der Waals surface area contributed by atoms with Crippen molar-refractivity contribution < 1.29 is 0 Å². The lowest BCUT2D eigenvalue weighted by molar-refractivity contribution is 1.08. The Morgan fingerprint density at radius 1 is 1.07 bits per heavy atom. The van der Waals surface area contributed by atoms with Crippen LogP contribution in [-0.4, -0.2) is 10.2 Å². The number of allylic oxidation sites excluding steroid dienone is 1. The molecular formula is C13H10N2. The van der Waals surface area contributed by atoms with Crippen LogP contribution < -0.4 is 10.4 Å². The fraction of sp³-hybridized carbons (Fsp3) is 0. The van der Waals surface area contributed by atoms with Crippen molar-refractivity contribution in [3.05, 3.63) is 58.2 Å². The molecule has 15 heavy (non-hydrogen) atoms. The summed E-state index contributed by atoms with van der Waals surface area (Å²) in [4.78, 5) is 0. The van der Waals surface area contributed by atoms with Crippen LogP contribution in [0.3, 0.4) is 0 Å². The maximum Gasteiger partial charge on any atom is 0.0650 e. The van der Waals surface area contributed by atoms with Crippen LogP contribution in [0.2, 0.25) is 0 Å². The van der Waals surface area contributed by atoms with Crippen molar-refractivity contribution in [2.24, 2.45) is 0 Å². The van der Waals surface area contributed by atoms with Gasteiger partial charge in [-0.25, -0.2) is 0 Å². The van der Waals surface area contributed by atoms with Crippen LogP contribution in [0.25, 0.3) is 18.2 Å². The maximum atomic E-state index is 4.04. The summed E-state index contributed by atoms with van der Waals surface area (Å²) in [6.45, 7) is 0. The van der Waals surface area contributed by atoms with Crippen LogP contribution in [0.15, 0.2) is 36.5 Å². The molecule has 0 saturated heterocycles.